The number of aliphatic hydroxyl groups is 1. The van der Waals surface area contributed by atoms with E-state index >= 15 is 0 Å². The lowest BCUT2D eigenvalue weighted by atomic mass is 10.1. The molecule has 0 fully saturated rings. The Bertz CT molecular complexity index is 502. The van der Waals surface area contributed by atoms with E-state index in [4.69, 9.17) is 28.3 Å². The topological polar surface area (TPSA) is 86.6 Å². The van der Waals surface area contributed by atoms with Crippen molar-refractivity contribution < 1.29 is 19.8 Å². The van der Waals surface area contributed by atoms with Gasteiger partial charge in [0.2, 0.25) is 5.91 Å². The number of aliphatic carboxylic acids is 1. The number of hydrogen-bond donors (Lipinski definition) is 3. The molecule has 0 radical (unpaired) electrons. The molecule has 1 aromatic heterocycles. The van der Waals surface area contributed by atoms with Crippen LogP contribution in [-0.4, -0.2) is 34.2 Å². The second-order valence-corrected chi connectivity index (χ2v) is 6.84. The maximum atomic E-state index is 11.5. The maximum absolute atomic E-state index is 11.5. The van der Waals surface area contributed by atoms with Crippen LogP contribution in [0.4, 0.5) is 0 Å². The van der Waals surface area contributed by atoms with E-state index in [0.717, 1.165) is 12.5 Å². The van der Waals surface area contributed by atoms with Crippen LogP contribution in [0, 0.1) is 0 Å². The fourth-order valence-corrected chi connectivity index (χ4v) is 2.96. The quantitative estimate of drug-likeness (QED) is 0.711. The number of carboxylic acid groups (broad SMARTS) is 1. The average molecular weight is 340 g/mol. The molecule has 0 bridgehead atoms. The van der Waals surface area contributed by atoms with Crippen molar-refractivity contribution in [3.05, 3.63) is 20.3 Å². The normalized spacial score (nSPS) is 13.8. The van der Waals surface area contributed by atoms with E-state index in [-0.39, 0.29) is 18.9 Å². The highest BCUT2D eigenvalue weighted by molar-refractivity contribution is 7.20. The van der Waals surface area contributed by atoms with Gasteiger partial charge in [0.25, 0.3) is 0 Å². The van der Waals surface area contributed by atoms with Crippen molar-refractivity contribution >= 4 is 46.4 Å². The summed E-state index contributed by atoms with van der Waals surface area (Å²) in [5.41, 5.74) is -1.06. The fourth-order valence-electron chi connectivity index (χ4n) is 1.42. The standard InChI is InChI=1S/C12H15Cl2NO4S/c1-12(19,11(17)18)6-15-9(16)4-2-3-7-5-8(13)20-10(7)14/h5,19H,2-4,6H2,1H3,(H,15,16)(H,17,18). The van der Waals surface area contributed by atoms with Gasteiger partial charge in [0.15, 0.2) is 5.60 Å². The molecule has 5 nitrogen and oxygen atoms in total. The molecule has 0 spiro atoms. The van der Waals surface area contributed by atoms with Crippen LogP contribution in [0.15, 0.2) is 6.07 Å². The van der Waals surface area contributed by atoms with Gasteiger partial charge in [0, 0.05) is 6.42 Å². The first-order valence-corrected chi connectivity index (χ1v) is 7.46. The van der Waals surface area contributed by atoms with Gasteiger partial charge in [-0.3, -0.25) is 4.79 Å². The molecule has 1 aromatic rings. The van der Waals surface area contributed by atoms with Crippen LogP contribution in [0.2, 0.25) is 8.67 Å². The number of thiophene rings is 1. The lowest BCUT2D eigenvalue weighted by Gasteiger charge is -2.18. The van der Waals surface area contributed by atoms with Crippen LogP contribution >= 0.6 is 34.5 Å². The number of carboxylic acids is 1. The number of rotatable bonds is 7. The Hall–Kier alpha value is -0.820. The van der Waals surface area contributed by atoms with Gasteiger partial charge in [-0.25, -0.2) is 4.79 Å². The van der Waals surface area contributed by atoms with Crippen LogP contribution in [0.1, 0.15) is 25.3 Å². The number of carbonyl (C=O) groups is 2. The lowest BCUT2D eigenvalue weighted by Crippen LogP contribution is -2.46. The smallest absolute Gasteiger partial charge is 0.337 e. The molecular formula is C12H15Cl2NO4S. The van der Waals surface area contributed by atoms with Crippen molar-refractivity contribution in [1.29, 1.82) is 0 Å². The Labute approximate surface area is 130 Å². The molecule has 0 aromatic carbocycles. The molecule has 20 heavy (non-hydrogen) atoms. The fraction of sp³-hybridized carbons (Fsp3) is 0.500. The first-order chi connectivity index (χ1) is 9.22. The van der Waals surface area contributed by atoms with E-state index in [0.29, 0.717) is 21.5 Å². The summed E-state index contributed by atoms with van der Waals surface area (Å²) in [4.78, 5) is 22.2. The Balaban J connectivity index is 2.31. The first kappa shape index (κ1) is 17.2. The van der Waals surface area contributed by atoms with Crippen molar-refractivity contribution in [3.63, 3.8) is 0 Å². The Morgan fingerprint density at radius 2 is 2.10 bits per heavy atom. The molecule has 112 valence electrons. The summed E-state index contributed by atoms with van der Waals surface area (Å²) in [6.45, 7) is 0.801. The van der Waals surface area contributed by atoms with E-state index in [9.17, 15) is 14.7 Å². The third-order valence-electron chi connectivity index (χ3n) is 2.67. The van der Waals surface area contributed by atoms with Crippen molar-refractivity contribution in [2.75, 3.05) is 6.54 Å². The average Bonchev–Trinajstić information content (AvgIpc) is 2.65. The van der Waals surface area contributed by atoms with Crippen LogP contribution < -0.4 is 5.32 Å². The molecule has 0 saturated heterocycles. The molecule has 1 amide bonds. The highest BCUT2D eigenvalue weighted by atomic mass is 35.5. The van der Waals surface area contributed by atoms with Crippen LogP contribution in [-0.2, 0) is 16.0 Å². The summed E-state index contributed by atoms with van der Waals surface area (Å²) in [6, 6.07) is 1.77. The summed E-state index contributed by atoms with van der Waals surface area (Å²) in [7, 11) is 0. The van der Waals surface area contributed by atoms with Crippen LogP contribution in [0.3, 0.4) is 0 Å². The highest BCUT2D eigenvalue weighted by Gasteiger charge is 2.30. The third kappa shape index (κ3) is 5.28. The number of aryl methyl sites for hydroxylation is 1. The molecule has 3 N–H and O–H groups in total. The molecule has 1 heterocycles. The van der Waals surface area contributed by atoms with E-state index in [1.165, 1.54) is 11.3 Å². The molecule has 0 aliphatic heterocycles. The maximum Gasteiger partial charge on any atom is 0.337 e. The van der Waals surface area contributed by atoms with Gasteiger partial charge in [-0.15, -0.1) is 11.3 Å². The minimum atomic E-state index is -1.96. The van der Waals surface area contributed by atoms with Gasteiger partial charge < -0.3 is 15.5 Å². The summed E-state index contributed by atoms with van der Waals surface area (Å²) in [5.74, 6) is -1.69. The van der Waals surface area contributed by atoms with Gasteiger partial charge in [0.05, 0.1) is 15.2 Å². The lowest BCUT2D eigenvalue weighted by molar-refractivity contribution is -0.156. The molecule has 1 unspecified atom stereocenters. The number of amides is 1. The van der Waals surface area contributed by atoms with Crippen molar-refractivity contribution in [1.82, 2.24) is 5.32 Å². The van der Waals surface area contributed by atoms with Crippen LogP contribution in [0.5, 0.6) is 0 Å². The van der Waals surface area contributed by atoms with Crippen molar-refractivity contribution in [2.24, 2.45) is 0 Å². The van der Waals surface area contributed by atoms with Gasteiger partial charge in [-0.05, 0) is 31.4 Å². The van der Waals surface area contributed by atoms with Crippen molar-refractivity contribution in [3.8, 4) is 0 Å². The Morgan fingerprint density at radius 1 is 1.45 bits per heavy atom. The Morgan fingerprint density at radius 3 is 2.60 bits per heavy atom. The summed E-state index contributed by atoms with van der Waals surface area (Å²) < 4.78 is 1.22. The molecule has 0 aliphatic carbocycles. The highest BCUT2D eigenvalue weighted by Crippen LogP contribution is 2.31. The number of nitrogens with one attached hydrogen (secondary N) is 1. The van der Waals surface area contributed by atoms with E-state index in [1.807, 2.05) is 0 Å². The molecule has 0 aliphatic rings. The zero-order valence-electron chi connectivity index (χ0n) is 10.8. The van der Waals surface area contributed by atoms with Crippen molar-refractivity contribution in [2.45, 2.75) is 31.8 Å². The molecule has 8 heteroatoms. The van der Waals surface area contributed by atoms with Gasteiger partial charge in [-0.2, -0.15) is 0 Å². The predicted octanol–water partition coefficient (Wildman–Crippen LogP) is 2.33. The van der Waals surface area contributed by atoms with E-state index < -0.39 is 11.6 Å². The number of halogens is 2. The molecule has 1 atom stereocenters. The first-order valence-electron chi connectivity index (χ1n) is 5.88. The zero-order chi connectivity index (χ0) is 15.3. The molecule has 1 rings (SSSR count). The molecular weight excluding hydrogens is 325 g/mol. The summed E-state index contributed by atoms with van der Waals surface area (Å²) in [6.07, 6.45) is 1.40. The largest absolute Gasteiger partial charge is 0.479 e. The van der Waals surface area contributed by atoms with Crippen LogP contribution in [0.25, 0.3) is 0 Å². The second-order valence-electron chi connectivity index (χ2n) is 4.56. The third-order valence-corrected chi connectivity index (χ3v) is 4.24. The zero-order valence-corrected chi connectivity index (χ0v) is 13.1. The Kier molecular flexibility index (Phi) is 6.26. The summed E-state index contributed by atoms with van der Waals surface area (Å²) >= 11 is 13.0. The number of hydrogen-bond acceptors (Lipinski definition) is 4. The SMILES string of the molecule is CC(O)(CNC(=O)CCCc1cc(Cl)sc1Cl)C(=O)O. The van der Waals surface area contributed by atoms with Gasteiger partial charge in [0.1, 0.15) is 0 Å². The van der Waals surface area contributed by atoms with Gasteiger partial charge >= 0.3 is 5.97 Å². The second kappa shape index (κ2) is 7.26. The van der Waals surface area contributed by atoms with E-state index in [1.54, 1.807) is 6.07 Å². The monoisotopic (exact) mass is 339 g/mol. The summed E-state index contributed by atoms with van der Waals surface area (Å²) in [5, 5.41) is 20.5. The number of carbonyl (C=O) groups excluding carboxylic acids is 1. The predicted molar refractivity (Wildman–Crippen MR) is 78.5 cm³/mol. The van der Waals surface area contributed by atoms with Gasteiger partial charge in [-0.1, -0.05) is 23.2 Å². The molecule has 0 saturated carbocycles. The minimum absolute atomic E-state index is 0.222. The van der Waals surface area contributed by atoms with E-state index in [2.05, 4.69) is 5.32 Å². The minimum Gasteiger partial charge on any atom is -0.479 e.